The Labute approximate surface area is 177 Å². The fraction of sp³-hybridized carbons (Fsp3) is 0.435. The minimum atomic E-state index is -0.0163. The van der Waals surface area contributed by atoms with E-state index in [1.165, 1.54) is 5.69 Å². The molecule has 7 nitrogen and oxygen atoms in total. The van der Waals surface area contributed by atoms with Crippen LogP contribution in [0.4, 0.5) is 17.3 Å². The minimum Gasteiger partial charge on any atom is -0.369 e. The van der Waals surface area contributed by atoms with E-state index in [0.29, 0.717) is 11.6 Å². The first-order valence-corrected chi connectivity index (χ1v) is 10.8. The predicted octanol–water partition coefficient (Wildman–Crippen LogP) is 3.65. The van der Waals surface area contributed by atoms with Crippen LogP contribution in [0, 0.1) is 0 Å². The van der Waals surface area contributed by atoms with Gasteiger partial charge in [-0.25, -0.2) is 4.98 Å². The Morgan fingerprint density at radius 1 is 1.00 bits per heavy atom. The molecule has 0 bridgehead atoms. The second kappa shape index (κ2) is 8.83. The third-order valence-corrected chi connectivity index (χ3v) is 5.97. The molecule has 7 heteroatoms. The van der Waals surface area contributed by atoms with Crippen molar-refractivity contribution in [1.29, 1.82) is 0 Å². The molecule has 0 spiro atoms. The van der Waals surface area contributed by atoms with E-state index in [1.807, 2.05) is 0 Å². The zero-order valence-electron chi connectivity index (χ0n) is 18.0. The quantitative estimate of drug-likeness (QED) is 0.674. The van der Waals surface area contributed by atoms with Crippen molar-refractivity contribution < 1.29 is 0 Å². The van der Waals surface area contributed by atoms with Crippen molar-refractivity contribution >= 4 is 28.4 Å². The molecule has 1 aliphatic heterocycles. The average Bonchev–Trinajstić information content (AvgIpc) is 2.77. The number of pyridine rings is 1. The van der Waals surface area contributed by atoms with Crippen molar-refractivity contribution in [2.45, 2.75) is 32.7 Å². The second-order valence-electron chi connectivity index (χ2n) is 7.95. The Kier molecular flexibility index (Phi) is 5.99. The molecular formula is C23H30N6O. The number of rotatable bonds is 6. The Morgan fingerprint density at radius 2 is 1.70 bits per heavy atom. The van der Waals surface area contributed by atoms with Crippen molar-refractivity contribution in [3.05, 3.63) is 52.9 Å². The molecule has 2 aromatic heterocycles. The first kappa shape index (κ1) is 20.3. The van der Waals surface area contributed by atoms with Crippen LogP contribution >= 0.6 is 0 Å². The number of likely N-dealkylation sites (N-methyl/N-ethyl adjacent to an activating group) is 1. The summed E-state index contributed by atoms with van der Waals surface area (Å²) in [5.41, 5.74) is 2.83. The highest BCUT2D eigenvalue weighted by Crippen LogP contribution is 2.23. The predicted molar refractivity (Wildman–Crippen MR) is 123 cm³/mol. The van der Waals surface area contributed by atoms with Gasteiger partial charge in [-0.15, -0.1) is 0 Å². The monoisotopic (exact) mass is 406 g/mol. The van der Waals surface area contributed by atoms with Gasteiger partial charge in [0.05, 0.1) is 0 Å². The number of nitrogens with one attached hydrogen (secondary N) is 1. The number of hydrogen-bond donors (Lipinski definition) is 1. The summed E-state index contributed by atoms with van der Waals surface area (Å²) in [5, 5.41) is 4.16. The van der Waals surface area contributed by atoms with Crippen LogP contribution < -0.4 is 15.8 Å². The van der Waals surface area contributed by atoms with Crippen LogP contribution in [0.15, 0.2) is 47.4 Å². The largest absolute Gasteiger partial charge is 0.369 e. The van der Waals surface area contributed by atoms with Crippen LogP contribution in [-0.4, -0.2) is 52.7 Å². The Balaban J connectivity index is 1.58. The van der Waals surface area contributed by atoms with Gasteiger partial charge < -0.3 is 15.1 Å². The molecule has 1 saturated heterocycles. The van der Waals surface area contributed by atoms with Crippen LogP contribution in [-0.2, 0) is 0 Å². The van der Waals surface area contributed by atoms with Crippen molar-refractivity contribution in [3.8, 4) is 0 Å². The van der Waals surface area contributed by atoms with Gasteiger partial charge in [0, 0.05) is 61.2 Å². The normalized spacial score (nSPS) is 15.1. The topological polar surface area (TPSA) is 66.3 Å². The number of aromatic nitrogens is 3. The Hall–Kier alpha value is -2.93. The van der Waals surface area contributed by atoms with Crippen molar-refractivity contribution in [3.63, 3.8) is 0 Å². The van der Waals surface area contributed by atoms with Gasteiger partial charge in [-0.3, -0.25) is 9.36 Å². The maximum Gasteiger partial charge on any atom is 0.252 e. The SMILES string of the molecule is CCC(CC)n1c(=O)ccc2cnc(Nc3ccc(N4CCN(C)CC4)cc3)nc21. The Morgan fingerprint density at radius 3 is 2.37 bits per heavy atom. The maximum absolute atomic E-state index is 12.5. The molecule has 0 atom stereocenters. The number of hydrogen-bond acceptors (Lipinski definition) is 6. The average molecular weight is 407 g/mol. The summed E-state index contributed by atoms with van der Waals surface area (Å²) in [4.78, 5) is 26.4. The molecule has 0 saturated carbocycles. The number of fused-ring (bicyclic) bond motifs is 1. The first-order valence-electron chi connectivity index (χ1n) is 10.8. The van der Waals surface area contributed by atoms with Gasteiger partial charge in [0.15, 0.2) is 0 Å². The summed E-state index contributed by atoms with van der Waals surface area (Å²) < 4.78 is 1.80. The van der Waals surface area contributed by atoms with Gasteiger partial charge in [-0.1, -0.05) is 13.8 Å². The second-order valence-corrected chi connectivity index (χ2v) is 7.95. The van der Waals surface area contributed by atoms with Crippen LogP contribution in [0.1, 0.15) is 32.7 Å². The lowest BCUT2D eigenvalue weighted by atomic mass is 10.1. The van der Waals surface area contributed by atoms with E-state index < -0.39 is 0 Å². The summed E-state index contributed by atoms with van der Waals surface area (Å²) in [6.45, 7) is 8.46. The molecule has 4 rings (SSSR count). The zero-order chi connectivity index (χ0) is 21.1. The molecule has 0 aliphatic carbocycles. The standard InChI is InChI=1S/C23H30N6O/c1-4-19(5-2)29-21(30)11-6-17-16-24-23(26-22(17)29)25-18-7-9-20(10-8-18)28-14-12-27(3)13-15-28/h6-11,16,19H,4-5,12-15H2,1-3H3,(H,24,25,26). The van der Waals surface area contributed by atoms with Crippen molar-refractivity contribution in [2.24, 2.45) is 0 Å². The van der Waals surface area contributed by atoms with Gasteiger partial charge in [0.25, 0.3) is 5.56 Å². The molecule has 0 amide bonds. The van der Waals surface area contributed by atoms with E-state index in [9.17, 15) is 4.79 Å². The Bertz CT molecular complexity index is 1050. The molecule has 0 unspecified atom stereocenters. The van der Waals surface area contributed by atoms with Crippen molar-refractivity contribution in [2.75, 3.05) is 43.4 Å². The molecular weight excluding hydrogens is 376 g/mol. The summed E-state index contributed by atoms with van der Waals surface area (Å²) in [7, 11) is 2.16. The minimum absolute atomic E-state index is 0.0163. The lowest BCUT2D eigenvalue weighted by Crippen LogP contribution is -2.44. The molecule has 0 radical (unpaired) electrons. The molecule has 158 valence electrons. The highest BCUT2D eigenvalue weighted by atomic mass is 16.1. The number of nitrogens with zero attached hydrogens (tertiary/aromatic N) is 5. The lowest BCUT2D eigenvalue weighted by Gasteiger charge is -2.34. The maximum atomic E-state index is 12.5. The fourth-order valence-corrected chi connectivity index (χ4v) is 4.05. The van der Waals surface area contributed by atoms with Crippen LogP contribution in [0.2, 0.25) is 0 Å². The first-order chi connectivity index (χ1) is 14.6. The van der Waals surface area contributed by atoms with Crippen LogP contribution in [0.5, 0.6) is 0 Å². The lowest BCUT2D eigenvalue weighted by molar-refractivity contribution is 0.313. The van der Waals surface area contributed by atoms with Gasteiger partial charge in [0.2, 0.25) is 5.95 Å². The fourth-order valence-electron chi connectivity index (χ4n) is 4.05. The molecule has 1 aliphatic rings. The van der Waals surface area contributed by atoms with Gasteiger partial charge in [-0.05, 0) is 50.2 Å². The van der Waals surface area contributed by atoms with Crippen LogP contribution in [0.25, 0.3) is 11.0 Å². The van der Waals surface area contributed by atoms with E-state index in [4.69, 9.17) is 4.98 Å². The molecule has 30 heavy (non-hydrogen) atoms. The van der Waals surface area contributed by atoms with Crippen LogP contribution in [0.3, 0.4) is 0 Å². The highest BCUT2D eigenvalue weighted by Gasteiger charge is 2.15. The summed E-state index contributed by atoms with van der Waals surface area (Å²) in [5.74, 6) is 0.500. The van der Waals surface area contributed by atoms with Gasteiger partial charge in [0.1, 0.15) is 5.65 Å². The third kappa shape index (κ3) is 4.16. The number of anilines is 3. The van der Waals surface area contributed by atoms with E-state index in [1.54, 1.807) is 22.9 Å². The molecule has 1 fully saturated rings. The number of piperazine rings is 1. The molecule has 1 aromatic carbocycles. The number of benzene rings is 1. The molecule has 3 aromatic rings. The summed E-state index contributed by atoms with van der Waals surface area (Å²) in [6.07, 6.45) is 3.55. The van der Waals surface area contributed by atoms with E-state index >= 15 is 0 Å². The smallest absolute Gasteiger partial charge is 0.252 e. The molecule has 3 heterocycles. The zero-order valence-corrected chi connectivity index (χ0v) is 18.0. The summed E-state index contributed by atoms with van der Waals surface area (Å²) in [6, 6.07) is 11.9. The molecule has 1 N–H and O–H groups in total. The van der Waals surface area contributed by atoms with E-state index in [2.05, 4.69) is 65.3 Å². The van der Waals surface area contributed by atoms with E-state index in [-0.39, 0.29) is 11.6 Å². The van der Waals surface area contributed by atoms with Gasteiger partial charge >= 0.3 is 0 Å². The third-order valence-electron chi connectivity index (χ3n) is 5.97. The summed E-state index contributed by atoms with van der Waals surface area (Å²) >= 11 is 0. The van der Waals surface area contributed by atoms with Gasteiger partial charge in [-0.2, -0.15) is 4.98 Å². The highest BCUT2D eigenvalue weighted by molar-refractivity contribution is 5.76. The van der Waals surface area contributed by atoms with E-state index in [0.717, 1.165) is 50.1 Å². The van der Waals surface area contributed by atoms with Crippen molar-refractivity contribution in [1.82, 2.24) is 19.4 Å².